The summed E-state index contributed by atoms with van der Waals surface area (Å²) in [5.41, 5.74) is 9.76. The van der Waals surface area contributed by atoms with Crippen LogP contribution >= 0.6 is 0 Å². The van der Waals surface area contributed by atoms with E-state index in [4.69, 9.17) is 23.7 Å². The predicted molar refractivity (Wildman–Crippen MR) is 187 cm³/mol. The fourth-order valence-corrected chi connectivity index (χ4v) is 7.77. The minimum Gasteiger partial charge on any atom is -0.496 e. The van der Waals surface area contributed by atoms with E-state index in [1.165, 1.54) is 33.5 Å². The lowest BCUT2D eigenvalue weighted by atomic mass is 9.79. The molecule has 6 heteroatoms. The average molecular weight is 632 g/mol. The normalized spacial score (nSPS) is 18.9. The van der Waals surface area contributed by atoms with Gasteiger partial charge in [0, 0.05) is 50.5 Å². The zero-order chi connectivity index (χ0) is 32.2. The summed E-state index contributed by atoms with van der Waals surface area (Å²) in [5, 5.41) is 0. The van der Waals surface area contributed by atoms with Gasteiger partial charge < -0.3 is 28.6 Å². The molecule has 7 rings (SSSR count). The molecule has 1 atom stereocenters. The summed E-state index contributed by atoms with van der Waals surface area (Å²) in [6, 6.07) is 34.4. The minimum atomic E-state index is -0.211. The van der Waals surface area contributed by atoms with Crippen molar-refractivity contribution in [1.82, 2.24) is 0 Å². The highest BCUT2D eigenvalue weighted by atomic mass is 16.7. The molecule has 1 unspecified atom stereocenters. The molecule has 1 spiro atoms. The molecule has 0 radical (unpaired) electrons. The molecule has 2 fully saturated rings. The third-order valence-corrected chi connectivity index (χ3v) is 10.2. The van der Waals surface area contributed by atoms with Crippen LogP contribution in [0.5, 0.6) is 11.5 Å². The highest BCUT2D eigenvalue weighted by molar-refractivity contribution is 6.02. The monoisotopic (exact) mass is 631 g/mol. The molecule has 6 nitrogen and oxygen atoms in total. The van der Waals surface area contributed by atoms with Gasteiger partial charge in [0.1, 0.15) is 18.1 Å². The summed E-state index contributed by atoms with van der Waals surface area (Å²) in [7, 11) is 5.21. The highest BCUT2D eigenvalue weighted by Crippen LogP contribution is 2.46. The number of nitrogens with zero attached hydrogens (tertiary/aromatic N) is 1. The van der Waals surface area contributed by atoms with E-state index < -0.39 is 0 Å². The van der Waals surface area contributed by atoms with Crippen molar-refractivity contribution in [2.24, 2.45) is 5.92 Å². The first-order valence-electron chi connectivity index (χ1n) is 16.8. The van der Waals surface area contributed by atoms with E-state index in [-0.39, 0.29) is 17.8 Å². The first kappa shape index (κ1) is 31.5. The van der Waals surface area contributed by atoms with Crippen LogP contribution in [0, 0.1) is 5.92 Å². The summed E-state index contributed by atoms with van der Waals surface area (Å²) in [6.07, 6.45) is 4.64. The molecule has 2 saturated heterocycles. The van der Waals surface area contributed by atoms with Crippen molar-refractivity contribution in [3.05, 3.63) is 125 Å². The largest absolute Gasteiger partial charge is 0.496 e. The Hall–Kier alpha value is -4.10. The lowest BCUT2D eigenvalue weighted by Crippen LogP contribution is -2.44. The average Bonchev–Trinajstić information content (AvgIpc) is 3.54. The zero-order valence-electron chi connectivity index (χ0n) is 27.7. The van der Waals surface area contributed by atoms with E-state index in [1.807, 2.05) is 18.2 Å². The number of benzene rings is 4. The second-order valence-electron chi connectivity index (χ2n) is 13.0. The molecule has 244 valence electrons. The molecule has 3 aliphatic rings. The van der Waals surface area contributed by atoms with Gasteiger partial charge in [0.15, 0.2) is 6.29 Å². The molecule has 0 N–H and O–H groups in total. The molecular weight excluding hydrogens is 586 g/mol. The number of ether oxygens (including phenoxy) is 5. The summed E-state index contributed by atoms with van der Waals surface area (Å²) < 4.78 is 29.9. The Balaban J connectivity index is 1.16. The lowest BCUT2D eigenvalue weighted by Gasteiger charge is -2.40. The van der Waals surface area contributed by atoms with Crippen LogP contribution in [0.1, 0.15) is 53.5 Å². The van der Waals surface area contributed by atoms with Crippen molar-refractivity contribution in [3.63, 3.8) is 0 Å². The quantitative estimate of drug-likeness (QED) is 0.165. The summed E-state index contributed by atoms with van der Waals surface area (Å²) in [4.78, 5) is 2.47. The Bertz CT molecular complexity index is 1690. The lowest BCUT2D eigenvalue weighted by molar-refractivity contribution is -0.136. The van der Waals surface area contributed by atoms with E-state index in [9.17, 15) is 0 Å². The van der Waals surface area contributed by atoms with Crippen LogP contribution in [0.2, 0.25) is 0 Å². The number of hydrogen-bond acceptors (Lipinski definition) is 6. The third kappa shape index (κ3) is 6.55. The van der Waals surface area contributed by atoms with Gasteiger partial charge >= 0.3 is 0 Å². The summed E-state index contributed by atoms with van der Waals surface area (Å²) in [6.45, 7) is 3.12. The number of piperidine rings is 1. The summed E-state index contributed by atoms with van der Waals surface area (Å²) >= 11 is 0. The molecule has 0 aromatic heterocycles. The first-order chi connectivity index (χ1) is 23.1. The van der Waals surface area contributed by atoms with Crippen LogP contribution < -0.4 is 14.4 Å². The van der Waals surface area contributed by atoms with Crippen molar-refractivity contribution in [2.45, 2.75) is 50.6 Å². The number of hydrogen-bond donors (Lipinski definition) is 0. The molecular formula is C41H45NO5. The maximum Gasteiger partial charge on any atom is 0.161 e. The van der Waals surface area contributed by atoms with Crippen molar-refractivity contribution >= 4 is 16.8 Å². The van der Waals surface area contributed by atoms with E-state index in [0.717, 1.165) is 67.8 Å². The minimum absolute atomic E-state index is 0.0919. The number of allylic oxidation sites excluding steroid dienone is 1. The van der Waals surface area contributed by atoms with Crippen molar-refractivity contribution in [1.29, 1.82) is 0 Å². The van der Waals surface area contributed by atoms with Gasteiger partial charge in [-0.3, -0.25) is 0 Å². The highest BCUT2D eigenvalue weighted by Gasteiger charge is 2.45. The standard InChI is InChI=1S/C41H45NO5/c1-43-38-25-33(42-22-20-41(21-23-42)26-32(28-47-41)40(44-2)45-3)15-18-37(38)39-35(30-12-8-5-9-13-30)17-14-31-24-34(16-19-36(31)39)46-27-29-10-6-4-7-11-29/h4-13,15-16,18-19,24-25,32,40H,14,17,20-23,26-28H2,1-3H3. The molecule has 2 heterocycles. The Kier molecular flexibility index (Phi) is 9.34. The van der Waals surface area contributed by atoms with Gasteiger partial charge in [0.2, 0.25) is 0 Å². The van der Waals surface area contributed by atoms with Gasteiger partial charge in [0.05, 0.1) is 19.3 Å². The molecule has 1 aliphatic carbocycles. The van der Waals surface area contributed by atoms with Gasteiger partial charge in [0.25, 0.3) is 0 Å². The SMILES string of the molecule is COc1cc(N2CCC3(CC2)CC(C(OC)OC)CO3)ccc1C1=C(c2ccccc2)CCc2cc(OCc3ccccc3)ccc21. The fraction of sp³-hybridized carbons (Fsp3) is 0.366. The van der Waals surface area contributed by atoms with E-state index in [1.54, 1.807) is 21.3 Å². The van der Waals surface area contributed by atoms with Crippen LogP contribution in [0.25, 0.3) is 11.1 Å². The Morgan fingerprint density at radius 2 is 1.53 bits per heavy atom. The molecule has 0 amide bonds. The van der Waals surface area contributed by atoms with E-state index in [0.29, 0.717) is 13.2 Å². The van der Waals surface area contributed by atoms with Gasteiger partial charge in [-0.15, -0.1) is 0 Å². The van der Waals surface area contributed by atoms with Crippen LogP contribution in [0.15, 0.2) is 97.1 Å². The number of fused-ring (bicyclic) bond motifs is 1. The predicted octanol–water partition coefficient (Wildman–Crippen LogP) is 8.17. The molecule has 0 bridgehead atoms. The van der Waals surface area contributed by atoms with Crippen molar-refractivity contribution in [3.8, 4) is 11.5 Å². The Morgan fingerprint density at radius 3 is 2.26 bits per heavy atom. The smallest absolute Gasteiger partial charge is 0.161 e. The number of rotatable bonds is 10. The third-order valence-electron chi connectivity index (χ3n) is 10.2. The van der Waals surface area contributed by atoms with Crippen LogP contribution in [-0.2, 0) is 27.2 Å². The van der Waals surface area contributed by atoms with Gasteiger partial charge in [-0.2, -0.15) is 0 Å². The molecule has 2 aliphatic heterocycles. The van der Waals surface area contributed by atoms with Crippen LogP contribution in [0.4, 0.5) is 5.69 Å². The van der Waals surface area contributed by atoms with Gasteiger partial charge in [-0.05, 0) is 89.8 Å². The second kappa shape index (κ2) is 13.9. The molecule has 0 saturated carbocycles. The van der Waals surface area contributed by atoms with Crippen molar-refractivity contribution in [2.75, 3.05) is 45.9 Å². The molecule has 47 heavy (non-hydrogen) atoms. The molecule has 4 aromatic rings. The van der Waals surface area contributed by atoms with Gasteiger partial charge in [-0.25, -0.2) is 0 Å². The zero-order valence-corrected chi connectivity index (χ0v) is 27.7. The van der Waals surface area contributed by atoms with E-state index >= 15 is 0 Å². The number of aryl methyl sites for hydroxylation is 1. The topological polar surface area (TPSA) is 49.4 Å². The molecule has 4 aromatic carbocycles. The summed E-state index contributed by atoms with van der Waals surface area (Å²) in [5.74, 6) is 2.06. The number of methoxy groups -OCH3 is 3. The number of anilines is 1. The Labute approximate surface area is 278 Å². The fourth-order valence-electron chi connectivity index (χ4n) is 7.77. The van der Waals surface area contributed by atoms with Crippen LogP contribution in [0.3, 0.4) is 0 Å². The first-order valence-corrected chi connectivity index (χ1v) is 16.8. The van der Waals surface area contributed by atoms with Crippen molar-refractivity contribution < 1.29 is 23.7 Å². The van der Waals surface area contributed by atoms with E-state index in [2.05, 4.69) is 83.8 Å². The maximum absolute atomic E-state index is 6.41. The van der Waals surface area contributed by atoms with Crippen LogP contribution in [-0.4, -0.2) is 52.9 Å². The maximum atomic E-state index is 6.41. The van der Waals surface area contributed by atoms with Gasteiger partial charge in [-0.1, -0.05) is 66.7 Å². The Morgan fingerprint density at radius 1 is 0.809 bits per heavy atom. The second-order valence-corrected chi connectivity index (χ2v) is 13.0.